The molecule has 7 aromatic carbocycles. The second-order valence-electron chi connectivity index (χ2n) is 12.5. The Morgan fingerprint density at radius 3 is 1.46 bits per heavy atom. The molecule has 5 heteroatoms. The number of benzene rings is 7. The third-order valence-electron chi connectivity index (χ3n) is 9.45. The maximum atomic E-state index is 5.05. The van der Waals surface area contributed by atoms with E-state index in [4.69, 9.17) is 15.0 Å². The van der Waals surface area contributed by atoms with Gasteiger partial charge in [-0.05, 0) is 41.5 Å². The van der Waals surface area contributed by atoms with Crippen LogP contribution in [0, 0.1) is 0 Å². The van der Waals surface area contributed by atoms with Crippen LogP contribution in [0.2, 0.25) is 0 Å². The molecule has 3 heterocycles. The molecular formula is C45H28N4S. The normalized spacial score (nSPS) is 11.6. The van der Waals surface area contributed by atoms with Gasteiger partial charge in [-0.1, -0.05) is 140 Å². The molecule has 234 valence electrons. The van der Waals surface area contributed by atoms with E-state index in [1.807, 2.05) is 72.0 Å². The molecule has 0 saturated heterocycles. The Morgan fingerprint density at radius 2 is 0.820 bits per heavy atom. The SMILES string of the molecule is c1ccc(-c2ccc3c4ccc(-c5nc(-c6ccccc6)nc(-c6ccccc6)n5)cc4n(-c4ccc5c(c4)sc4ccccc45)c3c2)cc1. The Labute approximate surface area is 292 Å². The Bertz CT molecular complexity index is 2800. The van der Waals surface area contributed by atoms with Crippen LogP contribution in [0.15, 0.2) is 170 Å². The highest BCUT2D eigenvalue weighted by Crippen LogP contribution is 2.40. The van der Waals surface area contributed by atoms with E-state index in [9.17, 15) is 0 Å². The third kappa shape index (κ3) is 4.79. The van der Waals surface area contributed by atoms with E-state index in [0.717, 1.165) is 33.4 Å². The first-order valence-electron chi connectivity index (χ1n) is 16.7. The molecule has 4 nitrogen and oxygen atoms in total. The minimum atomic E-state index is 0.640. The topological polar surface area (TPSA) is 43.6 Å². The summed E-state index contributed by atoms with van der Waals surface area (Å²) in [5.41, 5.74) is 8.60. The van der Waals surface area contributed by atoms with Crippen molar-refractivity contribution in [2.24, 2.45) is 0 Å². The summed E-state index contributed by atoms with van der Waals surface area (Å²) >= 11 is 1.84. The van der Waals surface area contributed by atoms with Gasteiger partial charge in [-0.15, -0.1) is 11.3 Å². The molecule has 0 unspecified atom stereocenters. The Kier molecular flexibility index (Phi) is 6.64. The zero-order valence-electron chi connectivity index (χ0n) is 26.9. The van der Waals surface area contributed by atoms with Crippen molar-refractivity contribution in [2.45, 2.75) is 0 Å². The lowest BCUT2D eigenvalue weighted by Crippen LogP contribution is -2.00. The van der Waals surface area contributed by atoms with Gasteiger partial charge < -0.3 is 4.57 Å². The van der Waals surface area contributed by atoms with Gasteiger partial charge in [0, 0.05) is 53.3 Å². The number of fused-ring (bicyclic) bond motifs is 6. The van der Waals surface area contributed by atoms with E-state index in [-0.39, 0.29) is 0 Å². The highest BCUT2D eigenvalue weighted by atomic mass is 32.1. The summed E-state index contributed by atoms with van der Waals surface area (Å²) in [5, 5.41) is 4.97. The molecular weight excluding hydrogens is 629 g/mol. The van der Waals surface area contributed by atoms with E-state index in [2.05, 4.69) is 114 Å². The molecule has 0 saturated carbocycles. The van der Waals surface area contributed by atoms with Gasteiger partial charge in [0.15, 0.2) is 17.5 Å². The summed E-state index contributed by atoms with van der Waals surface area (Å²) < 4.78 is 4.97. The van der Waals surface area contributed by atoms with Gasteiger partial charge in [0.1, 0.15) is 0 Å². The Balaban J connectivity index is 1.23. The van der Waals surface area contributed by atoms with Crippen molar-refractivity contribution < 1.29 is 0 Å². The van der Waals surface area contributed by atoms with Crippen molar-refractivity contribution in [3.63, 3.8) is 0 Å². The molecule has 0 atom stereocenters. The minimum Gasteiger partial charge on any atom is -0.309 e. The average Bonchev–Trinajstić information content (AvgIpc) is 3.73. The molecule has 50 heavy (non-hydrogen) atoms. The van der Waals surface area contributed by atoms with Crippen molar-refractivity contribution in [3.05, 3.63) is 170 Å². The second kappa shape index (κ2) is 11.6. The summed E-state index contributed by atoms with van der Waals surface area (Å²) in [7, 11) is 0. The number of hydrogen-bond donors (Lipinski definition) is 0. The van der Waals surface area contributed by atoms with Crippen LogP contribution in [0.1, 0.15) is 0 Å². The Hall–Kier alpha value is -6.43. The van der Waals surface area contributed by atoms with Crippen LogP contribution in [0.25, 0.3) is 93.0 Å². The number of rotatable bonds is 5. The zero-order chi connectivity index (χ0) is 33.0. The standard InChI is InChI=1S/C45H28N4S/c1-4-12-29(13-5-1)32-20-23-35-36-24-21-33(45-47-43(30-14-6-2-7-15-30)46-44(48-45)31-16-8-3-9-17-31)27-40(36)49(39(35)26-32)34-22-25-38-37-18-10-11-19-41(37)50-42(38)28-34/h1-28H. The predicted molar refractivity (Wildman–Crippen MR) is 209 cm³/mol. The first-order chi connectivity index (χ1) is 24.8. The van der Waals surface area contributed by atoms with Crippen LogP contribution in [0.5, 0.6) is 0 Å². The number of aromatic nitrogens is 4. The molecule has 0 aliphatic carbocycles. The minimum absolute atomic E-state index is 0.640. The quantitative estimate of drug-likeness (QED) is 0.185. The summed E-state index contributed by atoms with van der Waals surface area (Å²) in [6.45, 7) is 0. The highest BCUT2D eigenvalue weighted by molar-refractivity contribution is 7.25. The van der Waals surface area contributed by atoms with Crippen LogP contribution >= 0.6 is 11.3 Å². The molecule has 0 radical (unpaired) electrons. The number of nitrogens with zero attached hydrogens (tertiary/aromatic N) is 4. The van der Waals surface area contributed by atoms with Crippen LogP contribution in [-0.2, 0) is 0 Å². The van der Waals surface area contributed by atoms with Gasteiger partial charge in [-0.25, -0.2) is 15.0 Å². The molecule has 0 aliphatic rings. The third-order valence-corrected chi connectivity index (χ3v) is 10.6. The van der Waals surface area contributed by atoms with Gasteiger partial charge >= 0.3 is 0 Å². The lowest BCUT2D eigenvalue weighted by atomic mass is 10.0. The fourth-order valence-electron chi connectivity index (χ4n) is 7.04. The molecule has 10 rings (SSSR count). The zero-order valence-corrected chi connectivity index (χ0v) is 27.7. The second-order valence-corrected chi connectivity index (χ2v) is 13.6. The molecule has 0 amide bonds. The first-order valence-corrected chi connectivity index (χ1v) is 17.5. The smallest absolute Gasteiger partial charge is 0.164 e. The highest BCUT2D eigenvalue weighted by Gasteiger charge is 2.18. The summed E-state index contributed by atoms with van der Waals surface area (Å²) in [5.74, 6) is 1.94. The van der Waals surface area contributed by atoms with Crippen LogP contribution in [0.4, 0.5) is 0 Å². The maximum absolute atomic E-state index is 5.05. The number of hydrogen-bond acceptors (Lipinski definition) is 4. The lowest BCUT2D eigenvalue weighted by Gasteiger charge is -2.11. The monoisotopic (exact) mass is 656 g/mol. The summed E-state index contributed by atoms with van der Waals surface area (Å²) in [4.78, 5) is 15.0. The van der Waals surface area contributed by atoms with E-state index >= 15 is 0 Å². The van der Waals surface area contributed by atoms with Crippen molar-refractivity contribution >= 4 is 53.3 Å². The summed E-state index contributed by atoms with van der Waals surface area (Å²) in [6, 6.07) is 59.8. The van der Waals surface area contributed by atoms with E-state index in [1.165, 1.54) is 42.1 Å². The maximum Gasteiger partial charge on any atom is 0.164 e. The largest absolute Gasteiger partial charge is 0.309 e. The lowest BCUT2D eigenvalue weighted by molar-refractivity contribution is 1.07. The molecule has 3 aromatic heterocycles. The van der Waals surface area contributed by atoms with Crippen LogP contribution < -0.4 is 0 Å². The van der Waals surface area contributed by atoms with Gasteiger partial charge in [-0.3, -0.25) is 0 Å². The first kappa shape index (κ1) is 28.6. The van der Waals surface area contributed by atoms with Crippen molar-refractivity contribution in [1.29, 1.82) is 0 Å². The van der Waals surface area contributed by atoms with Crippen molar-refractivity contribution in [1.82, 2.24) is 19.5 Å². The summed E-state index contributed by atoms with van der Waals surface area (Å²) in [6.07, 6.45) is 0. The molecule has 10 aromatic rings. The van der Waals surface area contributed by atoms with Gasteiger partial charge in [0.2, 0.25) is 0 Å². The average molecular weight is 657 g/mol. The number of thiophene rings is 1. The van der Waals surface area contributed by atoms with E-state index < -0.39 is 0 Å². The predicted octanol–water partition coefficient (Wildman–Crippen LogP) is 12.0. The van der Waals surface area contributed by atoms with E-state index in [0.29, 0.717) is 17.5 Å². The van der Waals surface area contributed by atoms with E-state index in [1.54, 1.807) is 0 Å². The molecule has 0 bridgehead atoms. The van der Waals surface area contributed by atoms with Crippen molar-refractivity contribution in [3.8, 4) is 51.0 Å². The fraction of sp³-hybridized carbons (Fsp3) is 0. The van der Waals surface area contributed by atoms with Gasteiger partial charge in [-0.2, -0.15) is 0 Å². The van der Waals surface area contributed by atoms with Crippen molar-refractivity contribution in [2.75, 3.05) is 0 Å². The van der Waals surface area contributed by atoms with Gasteiger partial charge in [0.05, 0.1) is 11.0 Å². The van der Waals surface area contributed by atoms with Crippen LogP contribution in [-0.4, -0.2) is 19.5 Å². The molecule has 0 spiro atoms. The Morgan fingerprint density at radius 1 is 0.340 bits per heavy atom. The fourth-order valence-corrected chi connectivity index (χ4v) is 8.18. The van der Waals surface area contributed by atoms with Crippen LogP contribution in [0.3, 0.4) is 0 Å². The molecule has 0 aliphatic heterocycles. The van der Waals surface area contributed by atoms with Gasteiger partial charge in [0.25, 0.3) is 0 Å². The molecule has 0 N–H and O–H groups in total. The molecule has 0 fully saturated rings.